The molecule has 0 aromatic heterocycles. The van der Waals surface area contributed by atoms with Gasteiger partial charge < -0.3 is 19.7 Å². The zero-order valence-electron chi connectivity index (χ0n) is 24.7. The number of hydrogen-bond acceptors (Lipinski definition) is 6. The number of amides is 2. The van der Waals surface area contributed by atoms with Gasteiger partial charge in [0.05, 0.1) is 24.8 Å². The molecule has 0 bridgehead atoms. The number of sulfonamides is 1. The zero-order chi connectivity index (χ0) is 30.3. The number of carbonyl (C=O) groups is 2. The summed E-state index contributed by atoms with van der Waals surface area (Å²) >= 11 is 0. The molecule has 220 valence electrons. The Morgan fingerprint density at radius 2 is 1.39 bits per heavy atom. The van der Waals surface area contributed by atoms with Crippen molar-refractivity contribution in [2.45, 2.75) is 58.1 Å². The maximum atomic E-state index is 14.1. The molecule has 10 heteroatoms. The Bertz CT molecular complexity index is 1450. The smallest absolute Gasteiger partial charge is 0.264 e. The van der Waals surface area contributed by atoms with E-state index in [1.807, 2.05) is 52.0 Å². The molecule has 3 rings (SSSR count). The molecule has 1 atom stereocenters. The van der Waals surface area contributed by atoms with Crippen molar-refractivity contribution < 1.29 is 27.5 Å². The lowest BCUT2D eigenvalue weighted by Gasteiger charge is -2.32. The van der Waals surface area contributed by atoms with Crippen LogP contribution >= 0.6 is 0 Å². The van der Waals surface area contributed by atoms with Crippen LogP contribution in [0.3, 0.4) is 0 Å². The molecule has 2 amide bonds. The monoisotopic (exact) mass is 581 g/mol. The first kappa shape index (κ1) is 31.5. The summed E-state index contributed by atoms with van der Waals surface area (Å²) in [5.41, 5.74) is 3.12. The minimum atomic E-state index is -4.25. The fourth-order valence-corrected chi connectivity index (χ4v) is 5.65. The number of anilines is 1. The van der Waals surface area contributed by atoms with Gasteiger partial charge in [-0.2, -0.15) is 0 Å². The third kappa shape index (κ3) is 7.79. The third-order valence-electron chi connectivity index (χ3n) is 6.62. The summed E-state index contributed by atoms with van der Waals surface area (Å²) in [7, 11) is -1.37. The third-order valence-corrected chi connectivity index (χ3v) is 8.39. The summed E-state index contributed by atoms with van der Waals surface area (Å²) in [6.45, 7) is 8.78. The van der Waals surface area contributed by atoms with Gasteiger partial charge in [0.25, 0.3) is 10.0 Å². The van der Waals surface area contributed by atoms with Gasteiger partial charge in [-0.25, -0.2) is 8.42 Å². The Labute approximate surface area is 243 Å². The normalized spacial score (nSPS) is 12.0. The average Bonchev–Trinajstić information content (AvgIpc) is 2.94. The number of rotatable bonds is 12. The summed E-state index contributed by atoms with van der Waals surface area (Å²) in [5.74, 6) is -0.242. The predicted octanol–water partition coefficient (Wildman–Crippen LogP) is 4.46. The van der Waals surface area contributed by atoms with Crippen LogP contribution in [0.25, 0.3) is 0 Å². The van der Waals surface area contributed by atoms with Crippen molar-refractivity contribution in [1.82, 2.24) is 10.2 Å². The van der Waals surface area contributed by atoms with Crippen LogP contribution in [0, 0.1) is 13.8 Å². The number of nitrogens with zero attached hydrogens (tertiary/aromatic N) is 2. The molecule has 0 fully saturated rings. The molecule has 0 radical (unpaired) electrons. The van der Waals surface area contributed by atoms with Crippen LogP contribution in [0.4, 0.5) is 5.69 Å². The van der Waals surface area contributed by atoms with E-state index in [0.29, 0.717) is 11.4 Å². The van der Waals surface area contributed by atoms with Crippen molar-refractivity contribution in [1.29, 1.82) is 0 Å². The Balaban J connectivity index is 2.06. The van der Waals surface area contributed by atoms with Crippen molar-refractivity contribution >= 4 is 27.5 Å². The van der Waals surface area contributed by atoms with Crippen molar-refractivity contribution in [3.05, 3.63) is 83.4 Å². The van der Waals surface area contributed by atoms with E-state index in [9.17, 15) is 18.0 Å². The first-order chi connectivity index (χ1) is 19.4. The van der Waals surface area contributed by atoms with E-state index in [2.05, 4.69) is 5.32 Å². The Hall–Kier alpha value is -4.05. The quantitative estimate of drug-likeness (QED) is 0.339. The Kier molecular flexibility index (Phi) is 10.4. The number of carbonyl (C=O) groups excluding carboxylic acids is 2. The minimum Gasteiger partial charge on any atom is -0.493 e. The lowest BCUT2D eigenvalue weighted by atomic mass is 10.1. The van der Waals surface area contributed by atoms with Crippen molar-refractivity contribution in [2.75, 3.05) is 25.1 Å². The first-order valence-corrected chi connectivity index (χ1v) is 14.8. The second-order valence-corrected chi connectivity index (χ2v) is 12.1. The molecule has 0 spiro atoms. The van der Waals surface area contributed by atoms with E-state index in [4.69, 9.17) is 9.47 Å². The second-order valence-electron chi connectivity index (χ2n) is 10.2. The number of aryl methyl sites for hydroxylation is 2. The van der Waals surface area contributed by atoms with Gasteiger partial charge in [-0.15, -0.1) is 0 Å². The number of nitrogens with one attached hydrogen (secondary N) is 1. The predicted molar refractivity (Wildman–Crippen MR) is 160 cm³/mol. The number of ether oxygens (including phenoxy) is 2. The van der Waals surface area contributed by atoms with Gasteiger partial charge in [0.2, 0.25) is 11.8 Å². The van der Waals surface area contributed by atoms with Gasteiger partial charge in [0, 0.05) is 18.7 Å². The van der Waals surface area contributed by atoms with Crippen LogP contribution in [0.15, 0.2) is 71.6 Å². The molecule has 0 aliphatic carbocycles. The van der Waals surface area contributed by atoms with E-state index >= 15 is 0 Å². The molecule has 1 unspecified atom stereocenters. The number of hydrogen-bond donors (Lipinski definition) is 1. The molecule has 41 heavy (non-hydrogen) atoms. The van der Waals surface area contributed by atoms with Crippen molar-refractivity contribution in [3.63, 3.8) is 0 Å². The zero-order valence-corrected chi connectivity index (χ0v) is 25.5. The molecular formula is C31H39N3O6S. The lowest BCUT2D eigenvalue weighted by molar-refractivity contribution is -0.139. The summed E-state index contributed by atoms with van der Waals surface area (Å²) in [6.07, 6.45) is 0. The molecule has 3 aromatic carbocycles. The molecule has 0 aliphatic rings. The van der Waals surface area contributed by atoms with Crippen molar-refractivity contribution in [2.24, 2.45) is 0 Å². The van der Waals surface area contributed by atoms with Crippen molar-refractivity contribution in [3.8, 4) is 11.5 Å². The van der Waals surface area contributed by atoms with E-state index in [1.165, 1.54) is 37.3 Å². The van der Waals surface area contributed by atoms with E-state index in [1.54, 1.807) is 31.2 Å². The maximum absolute atomic E-state index is 14.1. The fraction of sp³-hybridized carbons (Fsp3) is 0.355. The molecule has 1 N–H and O–H groups in total. The van der Waals surface area contributed by atoms with Gasteiger partial charge in [-0.1, -0.05) is 47.5 Å². The van der Waals surface area contributed by atoms with Crippen LogP contribution in [-0.4, -0.2) is 58.0 Å². The van der Waals surface area contributed by atoms with Crippen LogP contribution in [-0.2, 0) is 26.2 Å². The maximum Gasteiger partial charge on any atom is 0.264 e. The average molecular weight is 582 g/mol. The minimum absolute atomic E-state index is 0.0702. The summed E-state index contributed by atoms with van der Waals surface area (Å²) in [4.78, 5) is 28.4. The van der Waals surface area contributed by atoms with Gasteiger partial charge >= 0.3 is 0 Å². The summed E-state index contributed by atoms with van der Waals surface area (Å²) in [5, 5.41) is 2.85. The molecule has 0 saturated heterocycles. The molecule has 9 nitrogen and oxygen atoms in total. The largest absolute Gasteiger partial charge is 0.493 e. The highest BCUT2D eigenvalue weighted by Crippen LogP contribution is 2.32. The standard InChI is InChI=1S/C31H39N3O6S/c1-21(2)32-31(36)24(5)33(19-25-12-8-22(3)9-13-25)30(35)20-34(26-14-10-23(4)11-15-26)41(37,38)27-16-17-28(39-6)29(18-27)40-7/h8-18,21,24H,19-20H2,1-7H3,(H,32,36). The van der Waals surface area contributed by atoms with Crippen LogP contribution in [0.1, 0.15) is 37.5 Å². The lowest BCUT2D eigenvalue weighted by Crippen LogP contribution is -2.52. The summed E-state index contributed by atoms with van der Waals surface area (Å²) < 4.78 is 39.8. The molecule has 0 aliphatic heterocycles. The molecule has 0 saturated carbocycles. The topological polar surface area (TPSA) is 105 Å². The molecular weight excluding hydrogens is 542 g/mol. The highest BCUT2D eigenvalue weighted by molar-refractivity contribution is 7.92. The highest BCUT2D eigenvalue weighted by Gasteiger charge is 2.33. The summed E-state index contributed by atoms with van der Waals surface area (Å²) in [6, 6.07) is 17.8. The van der Waals surface area contributed by atoms with E-state index < -0.39 is 28.5 Å². The fourth-order valence-electron chi connectivity index (χ4n) is 4.22. The van der Waals surface area contributed by atoms with Crippen LogP contribution in [0.2, 0.25) is 0 Å². The number of benzene rings is 3. The molecule has 0 heterocycles. The Morgan fingerprint density at radius 3 is 1.93 bits per heavy atom. The van der Waals surface area contributed by atoms with Crippen LogP contribution in [0.5, 0.6) is 11.5 Å². The van der Waals surface area contributed by atoms with Gasteiger partial charge in [-0.3, -0.25) is 13.9 Å². The highest BCUT2D eigenvalue weighted by atomic mass is 32.2. The van der Waals surface area contributed by atoms with Crippen LogP contribution < -0.4 is 19.1 Å². The van der Waals surface area contributed by atoms with E-state index in [-0.39, 0.29) is 29.1 Å². The Morgan fingerprint density at radius 1 is 0.829 bits per heavy atom. The van der Waals surface area contributed by atoms with Gasteiger partial charge in [0.15, 0.2) is 11.5 Å². The van der Waals surface area contributed by atoms with E-state index in [0.717, 1.165) is 21.0 Å². The van der Waals surface area contributed by atoms with Gasteiger partial charge in [-0.05, 0) is 64.4 Å². The second kappa shape index (κ2) is 13.5. The molecule has 3 aromatic rings. The number of methoxy groups -OCH3 is 2. The van der Waals surface area contributed by atoms with Gasteiger partial charge in [0.1, 0.15) is 12.6 Å². The SMILES string of the molecule is COc1ccc(S(=O)(=O)N(CC(=O)N(Cc2ccc(C)cc2)C(C)C(=O)NC(C)C)c2ccc(C)cc2)cc1OC. The first-order valence-electron chi connectivity index (χ1n) is 13.3.